The number of nitrogens with one attached hydrogen (secondary N) is 1. The molecule has 0 unspecified atom stereocenters. The fourth-order valence-electron chi connectivity index (χ4n) is 3.23. The third-order valence-corrected chi connectivity index (χ3v) is 8.07. The first kappa shape index (κ1) is 20.8. The molecule has 0 saturated carbocycles. The number of aromatic nitrogens is 1. The molecule has 1 saturated heterocycles. The van der Waals surface area contributed by atoms with Gasteiger partial charge < -0.3 is 10.2 Å². The number of carbonyl (C=O) groups excluding carboxylic acids is 1. The van der Waals surface area contributed by atoms with E-state index < -0.39 is 10.0 Å². The molecule has 2 aromatic heterocycles. The molecule has 1 aliphatic rings. The van der Waals surface area contributed by atoms with Crippen molar-refractivity contribution < 1.29 is 13.2 Å². The molecule has 2 aromatic rings. The van der Waals surface area contributed by atoms with Crippen LogP contribution in [0.1, 0.15) is 27.0 Å². The SMILES string of the molecule is CCc1sc(C(=O)NCCS(=O)(=O)N2CCN(c3ccccn3)CC2)cc1C. The maximum Gasteiger partial charge on any atom is 0.261 e. The predicted molar refractivity (Wildman–Crippen MR) is 113 cm³/mol. The monoisotopic (exact) mass is 422 g/mol. The third-order valence-electron chi connectivity index (χ3n) is 4.82. The van der Waals surface area contributed by atoms with Crippen molar-refractivity contribution in [3.8, 4) is 0 Å². The maximum atomic E-state index is 12.6. The molecule has 1 amide bonds. The summed E-state index contributed by atoms with van der Waals surface area (Å²) in [4.78, 5) is 20.5. The van der Waals surface area contributed by atoms with Gasteiger partial charge in [-0.2, -0.15) is 4.31 Å². The van der Waals surface area contributed by atoms with E-state index in [2.05, 4.69) is 22.1 Å². The molecule has 152 valence electrons. The van der Waals surface area contributed by atoms with E-state index in [9.17, 15) is 13.2 Å². The van der Waals surface area contributed by atoms with Crippen LogP contribution in [-0.4, -0.2) is 62.1 Å². The van der Waals surface area contributed by atoms with Gasteiger partial charge in [0.1, 0.15) is 5.82 Å². The number of amides is 1. The Morgan fingerprint density at radius 3 is 2.61 bits per heavy atom. The van der Waals surface area contributed by atoms with E-state index in [0.717, 1.165) is 17.8 Å². The van der Waals surface area contributed by atoms with Gasteiger partial charge in [-0.25, -0.2) is 13.4 Å². The standard InChI is InChI=1S/C19H26N4O3S2/c1-3-16-15(2)14-17(27-16)19(24)21-8-13-28(25,26)23-11-9-22(10-12-23)18-6-4-5-7-20-18/h4-7,14H,3,8-13H2,1-2H3,(H,21,24). The minimum absolute atomic E-state index is 0.0900. The van der Waals surface area contributed by atoms with E-state index in [0.29, 0.717) is 31.1 Å². The molecule has 28 heavy (non-hydrogen) atoms. The second-order valence-corrected chi connectivity index (χ2v) is 9.94. The van der Waals surface area contributed by atoms with E-state index in [1.54, 1.807) is 6.20 Å². The first-order chi connectivity index (χ1) is 13.4. The van der Waals surface area contributed by atoms with E-state index in [1.807, 2.05) is 31.2 Å². The largest absolute Gasteiger partial charge is 0.354 e. The van der Waals surface area contributed by atoms with Crippen LogP contribution in [0.25, 0.3) is 0 Å². The Labute approximate surface area is 170 Å². The van der Waals surface area contributed by atoms with Crippen molar-refractivity contribution in [2.24, 2.45) is 0 Å². The van der Waals surface area contributed by atoms with Gasteiger partial charge in [-0.05, 0) is 37.1 Å². The molecule has 0 spiro atoms. The fraction of sp³-hybridized carbons (Fsp3) is 0.474. The van der Waals surface area contributed by atoms with Gasteiger partial charge in [0.05, 0.1) is 10.6 Å². The molecule has 7 nitrogen and oxygen atoms in total. The summed E-state index contributed by atoms with van der Waals surface area (Å²) >= 11 is 1.47. The Morgan fingerprint density at radius 1 is 1.25 bits per heavy atom. The predicted octanol–water partition coefficient (Wildman–Crippen LogP) is 1.90. The smallest absolute Gasteiger partial charge is 0.261 e. The molecule has 3 heterocycles. The topological polar surface area (TPSA) is 82.6 Å². The van der Waals surface area contributed by atoms with Crippen LogP contribution < -0.4 is 10.2 Å². The van der Waals surface area contributed by atoms with Gasteiger partial charge in [0, 0.05) is 43.8 Å². The van der Waals surface area contributed by atoms with Gasteiger partial charge in [0.2, 0.25) is 10.0 Å². The van der Waals surface area contributed by atoms with Crippen molar-refractivity contribution in [1.82, 2.24) is 14.6 Å². The summed E-state index contributed by atoms with van der Waals surface area (Å²) in [6.45, 7) is 6.23. The van der Waals surface area contributed by atoms with Crippen molar-refractivity contribution >= 4 is 33.1 Å². The summed E-state index contributed by atoms with van der Waals surface area (Å²) in [6.07, 6.45) is 2.63. The number of piperazine rings is 1. The fourth-order valence-corrected chi connectivity index (χ4v) is 5.60. The number of carbonyl (C=O) groups is 1. The molecule has 0 radical (unpaired) electrons. The highest BCUT2D eigenvalue weighted by Gasteiger charge is 2.27. The van der Waals surface area contributed by atoms with E-state index in [-0.39, 0.29) is 18.2 Å². The quantitative estimate of drug-likeness (QED) is 0.737. The molecule has 0 atom stereocenters. The first-order valence-electron chi connectivity index (χ1n) is 9.42. The van der Waals surface area contributed by atoms with Gasteiger partial charge in [0.15, 0.2) is 0 Å². The van der Waals surface area contributed by atoms with Gasteiger partial charge >= 0.3 is 0 Å². The maximum absolute atomic E-state index is 12.6. The van der Waals surface area contributed by atoms with Crippen LogP contribution in [0.3, 0.4) is 0 Å². The van der Waals surface area contributed by atoms with Crippen LogP contribution in [-0.2, 0) is 16.4 Å². The van der Waals surface area contributed by atoms with E-state index in [4.69, 9.17) is 0 Å². The number of hydrogen-bond donors (Lipinski definition) is 1. The molecule has 0 bridgehead atoms. The zero-order chi connectivity index (χ0) is 20.1. The number of nitrogens with zero attached hydrogens (tertiary/aromatic N) is 3. The molecule has 3 rings (SSSR count). The lowest BCUT2D eigenvalue weighted by molar-refractivity contribution is 0.0960. The van der Waals surface area contributed by atoms with Crippen molar-refractivity contribution in [2.75, 3.05) is 43.4 Å². The molecular formula is C19H26N4O3S2. The normalized spacial score (nSPS) is 15.6. The summed E-state index contributed by atoms with van der Waals surface area (Å²) in [5.74, 6) is 0.570. The lowest BCUT2D eigenvalue weighted by atomic mass is 10.2. The summed E-state index contributed by atoms with van der Waals surface area (Å²) in [6, 6.07) is 7.58. The molecule has 1 aliphatic heterocycles. The Kier molecular flexibility index (Phi) is 6.69. The van der Waals surface area contributed by atoms with Crippen molar-refractivity contribution in [3.05, 3.63) is 45.8 Å². The van der Waals surface area contributed by atoms with Crippen LogP contribution in [0.5, 0.6) is 0 Å². The number of hydrogen-bond acceptors (Lipinski definition) is 6. The molecule has 1 fully saturated rings. The van der Waals surface area contributed by atoms with Crippen LogP contribution in [0.15, 0.2) is 30.5 Å². The molecule has 0 aliphatic carbocycles. The van der Waals surface area contributed by atoms with Gasteiger partial charge in [0.25, 0.3) is 5.91 Å². The van der Waals surface area contributed by atoms with Gasteiger partial charge in [-0.3, -0.25) is 4.79 Å². The number of anilines is 1. The lowest BCUT2D eigenvalue weighted by Crippen LogP contribution is -2.50. The second-order valence-electron chi connectivity index (χ2n) is 6.72. The van der Waals surface area contributed by atoms with Crippen LogP contribution in [0, 0.1) is 6.92 Å². The van der Waals surface area contributed by atoms with Crippen molar-refractivity contribution in [3.63, 3.8) is 0 Å². The highest BCUT2D eigenvalue weighted by molar-refractivity contribution is 7.89. The lowest BCUT2D eigenvalue weighted by Gasteiger charge is -2.34. The van der Waals surface area contributed by atoms with E-state index in [1.165, 1.54) is 20.5 Å². The summed E-state index contributed by atoms with van der Waals surface area (Å²) in [5, 5.41) is 2.74. The number of thiophene rings is 1. The second kappa shape index (κ2) is 9.02. The first-order valence-corrected chi connectivity index (χ1v) is 11.8. The summed E-state index contributed by atoms with van der Waals surface area (Å²) in [5.41, 5.74) is 1.11. The third kappa shape index (κ3) is 4.89. The number of sulfonamides is 1. The molecule has 9 heteroatoms. The van der Waals surface area contributed by atoms with E-state index >= 15 is 0 Å². The van der Waals surface area contributed by atoms with Crippen molar-refractivity contribution in [1.29, 1.82) is 0 Å². The Bertz CT molecular complexity index is 905. The average Bonchev–Trinajstić information content (AvgIpc) is 3.09. The highest BCUT2D eigenvalue weighted by atomic mass is 32.2. The highest BCUT2D eigenvalue weighted by Crippen LogP contribution is 2.22. The number of aryl methyl sites for hydroxylation is 2. The zero-order valence-electron chi connectivity index (χ0n) is 16.2. The minimum atomic E-state index is -3.40. The Hall–Kier alpha value is -1.97. The molecule has 0 aromatic carbocycles. The Balaban J connectivity index is 1.48. The Morgan fingerprint density at radius 2 is 2.00 bits per heavy atom. The van der Waals surface area contributed by atoms with Crippen LogP contribution in [0.2, 0.25) is 0 Å². The molecular weight excluding hydrogens is 396 g/mol. The van der Waals surface area contributed by atoms with Crippen LogP contribution in [0.4, 0.5) is 5.82 Å². The van der Waals surface area contributed by atoms with Gasteiger partial charge in [-0.15, -0.1) is 11.3 Å². The number of rotatable bonds is 7. The molecule has 1 N–H and O–H groups in total. The number of pyridine rings is 1. The average molecular weight is 423 g/mol. The van der Waals surface area contributed by atoms with Crippen LogP contribution >= 0.6 is 11.3 Å². The minimum Gasteiger partial charge on any atom is -0.354 e. The van der Waals surface area contributed by atoms with Crippen molar-refractivity contribution in [2.45, 2.75) is 20.3 Å². The summed E-state index contributed by atoms with van der Waals surface area (Å²) in [7, 11) is -3.40. The zero-order valence-corrected chi connectivity index (χ0v) is 17.9. The van der Waals surface area contributed by atoms with Gasteiger partial charge in [-0.1, -0.05) is 13.0 Å². The summed E-state index contributed by atoms with van der Waals surface area (Å²) < 4.78 is 26.7.